The van der Waals surface area contributed by atoms with Crippen LogP contribution in [0.3, 0.4) is 0 Å². The zero-order valence-electron chi connectivity index (χ0n) is 17.7. The van der Waals surface area contributed by atoms with E-state index in [2.05, 4.69) is 48.5 Å². The molecular weight excluding hydrogens is 364 g/mol. The van der Waals surface area contributed by atoms with E-state index in [1.54, 1.807) is 12.1 Å². The summed E-state index contributed by atoms with van der Waals surface area (Å²) < 4.78 is 0. The smallest absolute Gasteiger partial charge is 0.248 e. The predicted molar refractivity (Wildman–Crippen MR) is 118 cm³/mol. The SMILES string of the molecule is CCNC(=NCc1ccc(C(N)=O)cc1)NCC(O)c1ccc(C(C)(C)C)cc1. The zero-order valence-corrected chi connectivity index (χ0v) is 17.7. The highest BCUT2D eigenvalue weighted by Gasteiger charge is 2.15. The third-order valence-corrected chi connectivity index (χ3v) is 4.63. The average molecular weight is 397 g/mol. The maximum absolute atomic E-state index is 11.1. The van der Waals surface area contributed by atoms with Gasteiger partial charge >= 0.3 is 0 Å². The van der Waals surface area contributed by atoms with Crippen molar-refractivity contribution < 1.29 is 9.90 Å². The van der Waals surface area contributed by atoms with Crippen LogP contribution in [0.5, 0.6) is 0 Å². The van der Waals surface area contributed by atoms with E-state index in [0.717, 1.165) is 11.1 Å². The number of aliphatic hydroxyl groups is 1. The lowest BCUT2D eigenvalue weighted by Crippen LogP contribution is -2.39. The number of carbonyl (C=O) groups is 1. The second-order valence-electron chi connectivity index (χ2n) is 8.03. The number of hydrogen-bond acceptors (Lipinski definition) is 3. The van der Waals surface area contributed by atoms with Gasteiger partial charge in [0, 0.05) is 18.7 Å². The molecule has 29 heavy (non-hydrogen) atoms. The van der Waals surface area contributed by atoms with E-state index in [9.17, 15) is 9.90 Å². The van der Waals surface area contributed by atoms with Gasteiger partial charge in [0.05, 0.1) is 12.6 Å². The molecule has 0 aromatic heterocycles. The van der Waals surface area contributed by atoms with Crippen molar-refractivity contribution >= 4 is 11.9 Å². The minimum atomic E-state index is -0.636. The first-order valence-electron chi connectivity index (χ1n) is 9.90. The lowest BCUT2D eigenvalue weighted by Gasteiger charge is -2.20. The largest absolute Gasteiger partial charge is 0.387 e. The van der Waals surface area contributed by atoms with Crippen LogP contribution in [-0.2, 0) is 12.0 Å². The van der Waals surface area contributed by atoms with Crippen LogP contribution in [0, 0.1) is 0 Å². The summed E-state index contributed by atoms with van der Waals surface area (Å²) in [6.07, 6.45) is -0.636. The first-order valence-corrected chi connectivity index (χ1v) is 9.90. The molecule has 1 amide bonds. The molecule has 1 unspecified atom stereocenters. The van der Waals surface area contributed by atoms with Crippen LogP contribution in [0.2, 0.25) is 0 Å². The quantitative estimate of drug-likeness (QED) is 0.427. The Labute approximate surface area is 173 Å². The van der Waals surface area contributed by atoms with Crippen molar-refractivity contribution in [2.75, 3.05) is 13.1 Å². The second kappa shape index (κ2) is 10.1. The normalized spacial score (nSPS) is 13.1. The molecule has 0 aliphatic heterocycles. The Bertz CT molecular complexity index is 821. The Kier molecular flexibility index (Phi) is 7.79. The second-order valence-corrected chi connectivity index (χ2v) is 8.03. The van der Waals surface area contributed by atoms with Crippen LogP contribution in [-0.4, -0.2) is 30.1 Å². The fourth-order valence-electron chi connectivity index (χ4n) is 2.80. The predicted octanol–water partition coefficient (Wildman–Crippen LogP) is 2.87. The molecule has 2 aromatic carbocycles. The molecule has 6 nitrogen and oxygen atoms in total. The number of benzene rings is 2. The number of primary amides is 1. The standard InChI is InChI=1S/C23H32N4O2/c1-5-25-22(26-14-16-6-8-18(9-7-16)21(24)29)27-15-20(28)17-10-12-19(13-11-17)23(2,3)4/h6-13,20,28H,5,14-15H2,1-4H3,(H2,24,29)(H2,25,26,27). The van der Waals surface area contributed by atoms with Crippen LogP contribution in [0.4, 0.5) is 0 Å². The summed E-state index contributed by atoms with van der Waals surface area (Å²) in [6.45, 7) is 10.00. The maximum atomic E-state index is 11.1. The van der Waals surface area contributed by atoms with Gasteiger partial charge in [-0.25, -0.2) is 4.99 Å². The van der Waals surface area contributed by atoms with Gasteiger partial charge in [-0.15, -0.1) is 0 Å². The third kappa shape index (κ3) is 6.91. The highest BCUT2D eigenvalue weighted by Crippen LogP contribution is 2.23. The molecule has 0 fully saturated rings. The Morgan fingerprint density at radius 3 is 2.21 bits per heavy atom. The van der Waals surface area contributed by atoms with Crippen molar-refractivity contribution in [3.8, 4) is 0 Å². The summed E-state index contributed by atoms with van der Waals surface area (Å²) >= 11 is 0. The maximum Gasteiger partial charge on any atom is 0.248 e. The fraction of sp³-hybridized carbons (Fsp3) is 0.391. The Hall–Kier alpha value is -2.86. The lowest BCUT2D eigenvalue weighted by atomic mass is 9.86. The number of aliphatic imine (C=N–C) groups is 1. The van der Waals surface area contributed by atoms with Gasteiger partial charge in [-0.3, -0.25) is 4.79 Å². The topological polar surface area (TPSA) is 99.7 Å². The summed E-state index contributed by atoms with van der Waals surface area (Å²) in [6, 6.07) is 15.1. The number of nitrogens with two attached hydrogens (primary N) is 1. The van der Waals surface area contributed by atoms with Crippen LogP contribution in [0.25, 0.3) is 0 Å². The number of nitrogens with one attached hydrogen (secondary N) is 2. The van der Waals surface area contributed by atoms with E-state index in [1.807, 2.05) is 31.2 Å². The molecule has 0 aliphatic rings. The minimum absolute atomic E-state index is 0.0856. The van der Waals surface area contributed by atoms with E-state index in [0.29, 0.717) is 31.2 Å². The first-order chi connectivity index (χ1) is 13.7. The lowest BCUT2D eigenvalue weighted by molar-refractivity contribution is 0.1000. The molecule has 5 N–H and O–H groups in total. The van der Waals surface area contributed by atoms with E-state index in [-0.39, 0.29) is 5.41 Å². The molecular formula is C23H32N4O2. The van der Waals surface area contributed by atoms with Crippen molar-refractivity contribution in [2.45, 2.75) is 45.8 Å². The van der Waals surface area contributed by atoms with Gasteiger partial charge in [0.1, 0.15) is 0 Å². The Morgan fingerprint density at radius 1 is 1.07 bits per heavy atom. The van der Waals surface area contributed by atoms with Crippen LogP contribution in [0.1, 0.15) is 60.8 Å². The van der Waals surface area contributed by atoms with Crippen molar-refractivity contribution in [3.05, 3.63) is 70.8 Å². The number of hydrogen-bond donors (Lipinski definition) is 4. The van der Waals surface area contributed by atoms with Gasteiger partial charge in [0.2, 0.25) is 5.91 Å². The van der Waals surface area contributed by atoms with E-state index >= 15 is 0 Å². The first kappa shape index (κ1) is 22.4. The minimum Gasteiger partial charge on any atom is -0.387 e. The van der Waals surface area contributed by atoms with Crippen molar-refractivity contribution in [1.82, 2.24) is 10.6 Å². The van der Waals surface area contributed by atoms with Gasteiger partial charge in [0.25, 0.3) is 0 Å². The van der Waals surface area contributed by atoms with E-state index in [1.165, 1.54) is 5.56 Å². The fourth-order valence-corrected chi connectivity index (χ4v) is 2.80. The molecule has 0 aliphatic carbocycles. The molecule has 0 bridgehead atoms. The number of rotatable bonds is 7. The summed E-state index contributed by atoms with van der Waals surface area (Å²) in [4.78, 5) is 15.7. The van der Waals surface area contributed by atoms with Crippen LogP contribution in [0.15, 0.2) is 53.5 Å². The molecule has 2 aromatic rings. The van der Waals surface area contributed by atoms with Gasteiger partial charge in [-0.05, 0) is 41.2 Å². The Morgan fingerprint density at radius 2 is 1.69 bits per heavy atom. The molecule has 0 radical (unpaired) electrons. The number of carbonyl (C=O) groups excluding carboxylic acids is 1. The number of nitrogens with zero attached hydrogens (tertiary/aromatic N) is 1. The third-order valence-electron chi connectivity index (χ3n) is 4.63. The molecule has 0 heterocycles. The zero-order chi connectivity index (χ0) is 21.4. The molecule has 6 heteroatoms. The summed E-state index contributed by atoms with van der Waals surface area (Å²) in [5, 5.41) is 16.9. The molecule has 1 atom stereocenters. The van der Waals surface area contributed by atoms with Crippen molar-refractivity contribution in [2.24, 2.45) is 10.7 Å². The van der Waals surface area contributed by atoms with Gasteiger partial charge in [0.15, 0.2) is 5.96 Å². The summed E-state index contributed by atoms with van der Waals surface area (Å²) in [5.74, 6) is 0.177. The molecule has 0 spiro atoms. The summed E-state index contributed by atoms with van der Waals surface area (Å²) in [7, 11) is 0. The highest BCUT2D eigenvalue weighted by atomic mass is 16.3. The van der Waals surface area contributed by atoms with E-state index < -0.39 is 12.0 Å². The Balaban J connectivity index is 1.97. The van der Waals surface area contributed by atoms with Gasteiger partial charge in [-0.1, -0.05) is 57.2 Å². The van der Waals surface area contributed by atoms with Crippen molar-refractivity contribution in [1.29, 1.82) is 0 Å². The van der Waals surface area contributed by atoms with Crippen LogP contribution < -0.4 is 16.4 Å². The molecule has 2 rings (SSSR count). The van der Waals surface area contributed by atoms with Gasteiger partial charge < -0.3 is 21.5 Å². The molecule has 0 saturated heterocycles. The number of amides is 1. The van der Waals surface area contributed by atoms with Crippen molar-refractivity contribution in [3.63, 3.8) is 0 Å². The monoisotopic (exact) mass is 396 g/mol. The highest BCUT2D eigenvalue weighted by molar-refractivity contribution is 5.92. The molecule has 156 valence electrons. The van der Waals surface area contributed by atoms with Gasteiger partial charge in [-0.2, -0.15) is 0 Å². The van der Waals surface area contributed by atoms with Crippen LogP contribution >= 0.6 is 0 Å². The molecule has 0 saturated carbocycles. The average Bonchev–Trinajstić information content (AvgIpc) is 2.69. The summed E-state index contributed by atoms with van der Waals surface area (Å²) in [5.41, 5.74) is 8.88. The number of guanidine groups is 1. The number of aliphatic hydroxyl groups excluding tert-OH is 1. The van der Waals surface area contributed by atoms with E-state index in [4.69, 9.17) is 5.73 Å².